The molecule has 9 nitrogen and oxygen atoms in total. The Morgan fingerprint density at radius 3 is 2.40 bits per heavy atom. The third kappa shape index (κ3) is 5.90. The van der Waals surface area contributed by atoms with Crippen molar-refractivity contribution in [2.45, 2.75) is 25.9 Å². The molecule has 1 aliphatic heterocycles. The second-order valence-electron chi connectivity index (χ2n) is 10.4. The van der Waals surface area contributed by atoms with E-state index in [0.29, 0.717) is 52.1 Å². The zero-order chi connectivity index (χ0) is 29.1. The molecule has 1 aliphatic rings. The van der Waals surface area contributed by atoms with Crippen LogP contribution in [0.4, 0.5) is 8.78 Å². The minimum atomic E-state index is -0.644. The van der Waals surface area contributed by atoms with Crippen molar-refractivity contribution in [2.24, 2.45) is 0 Å². The number of piperazine rings is 1. The Labute approximate surface area is 241 Å². The summed E-state index contributed by atoms with van der Waals surface area (Å²) in [5, 5.41) is 9.64. The molecule has 0 saturated carbocycles. The van der Waals surface area contributed by atoms with E-state index in [4.69, 9.17) is 0 Å². The van der Waals surface area contributed by atoms with E-state index in [1.165, 1.54) is 24.4 Å². The SMILES string of the molecule is O=C(CCc1cn(Cc2cn(Cc3ccc(F)cc3)nn2)c2ccccc12)N1CCN(C(=O)c2ccncc2F)CC1. The molecular weight excluding hydrogens is 540 g/mol. The van der Waals surface area contributed by atoms with Gasteiger partial charge in [0.15, 0.2) is 5.82 Å². The maximum Gasteiger partial charge on any atom is 0.257 e. The summed E-state index contributed by atoms with van der Waals surface area (Å²) in [4.78, 5) is 32.8. The van der Waals surface area contributed by atoms with Crippen LogP contribution in [0.2, 0.25) is 0 Å². The summed E-state index contributed by atoms with van der Waals surface area (Å²) >= 11 is 0. The number of halogens is 2. The highest BCUT2D eigenvalue weighted by atomic mass is 19.1. The number of carbonyl (C=O) groups excluding carboxylic acids is 2. The van der Waals surface area contributed by atoms with Crippen LogP contribution in [-0.4, -0.2) is 72.3 Å². The molecule has 42 heavy (non-hydrogen) atoms. The number of amides is 2. The normalized spacial score (nSPS) is 13.6. The van der Waals surface area contributed by atoms with Crippen LogP contribution in [0.3, 0.4) is 0 Å². The fourth-order valence-electron chi connectivity index (χ4n) is 5.37. The second-order valence-corrected chi connectivity index (χ2v) is 10.4. The molecule has 5 aromatic rings. The molecule has 11 heteroatoms. The fraction of sp³-hybridized carbons (Fsp3) is 0.258. The molecule has 0 radical (unpaired) electrons. The Bertz CT molecular complexity index is 1720. The summed E-state index contributed by atoms with van der Waals surface area (Å²) in [5.41, 5.74) is 3.83. The number of carbonyl (C=O) groups is 2. The Hall–Kier alpha value is -4.93. The van der Waals surface area contributed by atoms with E-state index in [0.717, 1.165) is 33.9 Å². The number of hydrogen-bond donors (Lipinski definition) is 0. The highest BCUT2D eigenvalue weighted by molar-refractivity contribution is 5.94. The van der Waals surface area contributed by atoms with Crippen LogP contribution in [0, 0.1) is 11.6 Å². The van der Waals surface area contributed by atoms with Crippen molar-refractivity contribution < 1.29 is 18.4 Å². The Morgan fingerprint density at radius 2 is 1.62 bits per heavy atom. The third-order valence-corrected chi connectivity index (χ3v) is 7.58. The highest BCUT2D eigenvalue weighted by Gasteiger charge is 2.26. The molecule has 2 aromatic carbocycles. The van der Waals surface area contributed by atoms with Crippen molar-refractivity contribution in [3.05, 3.63) is 113 Å². The van der Waals surface area contributed by atoms with Gasteiger partial charge in [-0.1, -0.05) is 35.5 Å². The zero-order valence-corrected chi connectivity index (χ0v) is 22.9. The maximum atomic E-state index is 14.0. The number of pyridine rings is 1. The molecule has 4 heterocycles. The van der Waals surface area contributed by atoms with Crippen molar-refractivity contribution >= 4 is 22.7 Å². The number of aryl methyl sites for hydroxylation is 1. The minimum absolute atomic E-state index is 0.00316. The van der Waals surface area contributed by atoms with Gasteiger partial charge in [-0.25, -0.2) is 13.5 Å². The van der Waals surface area contributed by atoms with E-state index in [1.807, 2.05) is 24.4 Å². The second kappa shape index (κ2) is 11.9. The Balaban J connectivity index is 1.07. The smallest absolute Gasteiger partial charge is 0.257 e. The van der Waals surface area contributed by atoms with Gasteiger partial charge in [0.2, 0.25) is 5.91 Å². The topological polar surface area (TPSA) is 89.2 Å². The molecule has 0 atom stereocenters. The van der Waals surface area contributed by atoms with Gasteiger partial charge in [-0.15, -0.1) is 5.10 Å². The molecule has 214 valence electrons. The summed E-state index contributed by atoms with van der Waals surface area (Å²) in [6.45, 7) is 2.54. The van der Waals surface area contributed by atoms with E-state index >= 15 is 0 Å². The average molecular weight is 570 g/mol. The number of hydrogen-bond acceptors (Lipinski definition) is 5. The molecule has 0 aliphatic carbocycles. The lowest BCUT2D eigenvalue weighted by Crippen LogP contribution is -2.50. The third-order valence-electron chi connectivity index (χ3n) is 7.58. The lowest BCUT2D eigenvalue weighted by Gasteiger charge is -2.35. The predicted octanol–water partition coefficient (Wildman–Crippen LogP) is 3.92. The molecular formula is C31H29F2N7O2. The van der Waals surface area contributed by atoms with Crippen molar-refractivity contribution in [1.29, 1.82) is 0 Å². The number of rotatable bonds is 8. The number of fused-ring (bicyclic) bond motifs is 1. The van der Waals surface area contributed by atoms with Crippen LogP contribution in [0.15, 0.2) is 79.4 Å². The summed E-state index contributed by atoms with van der Waals surface area (Å²) in [6.07, 6.45) is 7.29. The van der Waals surface area contributed by atoms with Gasteiger partial charge in [-0.3, -0.25) is 14.6 Å². The number of benzene rings is 2. The standard InChI is InChI=1S/C31H29F2N7O2/c32-24-8-5-22(6-9-24)18-40-21-25(35-36-40)20-39-19-23(26-3-1-2-4-29(26)39)7-10-30(41)37-13-15-38(16-14-37)31(42)27-11-12-34-17-28(27)33/h1-6,8-9,11-12,17,19,21H,7,10,13-16,18,20H2. The van der Waals surface area contributed by atoms with Crippen LogP contribution in [0.1, 0.15) is 33.6 Å². The maximum absolute atomic E-state index is 14.0. The first-order valence-electron chi connectivity index (χ1n) is 13.8. The first-order chi connectivity index (χ1) is 20.4. The molecule has 1 fully saturated rings. The van der Waals surface area contributed by atoms with Crippen molar-refractivity contribution in [2.75, 3.05) is 26.2 Å². The van der Waals surface area contributed by atoms with Crippen LogP contribution in [0.25, 0.3) is 10.9 Å². The van der Waals surface area contributed by atoms with Crippen molar-refractivity contribution in [3.8, 4) is 0 Å². The van der Waals surface area contributed by atoms with E-state index in [9.17, 15) is 18.4 Å². The van der Waals surface area contributed by atoms with Crippen LogP contribution in [0.5, 0.6) is 0 Å². The molecule has 0 unspecified atom stereocenters. The highest BCUT2D eigenvalue weighted by Crippen LogP contribution is 2.24. The first-order valence-corrected chi connectivity index (χ1v) is 13.8. The lowest BCUT2D eigenvalue weighted by molar-refractivity contribution is -0.132. The summed E-state index contributed by atoms with van der Waals surface area (Å²) in [7, 11) is 0. The first kappa shape index (κ1) is 27.3. The van der Waals surface area contributed by atoms with E-state index in [-0.39, 0.29) is 23.2 Å². The van der Waals surface area contributed by atoms with Gasteiger partial charge in [-0.2, -0.15) is 0 Å². The van der Waals surface area contributed by atoms with Gasteiger partial charge in [-0.05, 0) is 41.8 Å². The van der Waals surface area contributed by atoms with Gasteiger partial charge in [0.1, 0.15) is 11.5 Å². The van der Waals surface area contributed by atoms with Gasteiger partial charge in [0.25, 0.3) is 5.91 Å². The molecule has 6 rings (SSSR count). The lowest BCUT2D eigenvalue weighted by atomic mass is 10.1. The summed E-state index contributed by atoms with van der Waals surface area (Å²) in [6, 6.07) is 15.8. The van der Waals surface area contributed by atoms with Crippen molar-refractivity contribution in [3.63, 3.8) is 0 Å². The molecule has 3 aromatic heterocycles. The van der Waals surface area contributed by atoms with Crippen LogP contribution < -0.4 is 0 Å². The van der Waals surface area contributed by atoms with E-state index in [1.54, 1.807) is 26.6 Å². The molecule has 0 N–H and O–H groups in total. The zero-order valence-electron chi connectivity index (χ0n) is 22.9. The summed E-state index contributed by atoms with van der Waals surface area (Å²) in [5.74, 6) is -1.28. The van der Waals surface area contributed by atoms with Gasteiger partial charge in [0, 0.05) is 55.9 Å². The molecule has 0 spiro atoms. The molecule has 2 amide bonds. The van der Waals surface area contributed by atoms with Crippen LogP contribution in [-0.2, 0) is 24.3 Å². The van der Waals surface area contributed by atoms with E-state index in [2.05, 4.69) is 32.1 Å². The number of para-hydroxylation sites is 1. The van der Waals surface area contributed by atoms with Gasteiger partial charge < -0.3 is 14.4 Å². The molecule has 0 bridgehead atoms. The fourth-order valence-corrected chi connectivity index (χ4v) is 5.37. The monoisotopic (exact) mass is 569 g/mol. The summed E-state index contributed by atoms with van der Waals surface area (Å²) < 4.78 is 31.1. The van der Waals surface area contributed by atoms with Gasteiger partial charge >= 0.3 is 0 Å². The van der Waals surface area contributed by atoms with E-state index < -0.39 is 5.82 Å². The largest absolute Gasteiger partial charge is 0.341 e. The van der Waals surface area contributed by atoms with Crippen molar-refractivity contribution in [1.82, 2.24) is 34.3 Å². The number of nitrogens with zero attached hydrogens (tertiary/aromatic N) is 7. The number of aromatic nitrogens is 5. The average Bonchev–Trinajstić information content (AvgIpc) is 3.61. The minimum Gasteiger partial charge on any atom is -0.341 e. The predicted molar refractivity (Wildman–Crippen MR) is 152 cm³/mol. The van der Waals surface area contributed by atoms with Crippen LogP contribution >= 0.6 is 0 Å². The Kier molecular flexibility index (Phi) is 7.72. The molecule has 1 saturated heterocycles. The Morgan fingerprint density at radius 1 is 0.857 bits per heavy atom. The quantitative estimate of drug-likeness (QED) is 0.283. The van der Waals surface area contributed by atoms with Gasteiger partial charge in [0.05, 0.1) is 31.0 Å².